The Hall–Kier alpha value is -0.920. The molecule has 52 valence electrons. The molecule has 2 heteroatoms. The third kappa shape index (κ3) is 0.719. The third-order valence-electron chi connectivity index (χ3n) is 1.95. The zero-order valence-corrected chi connectivity index (χ0v) is 6.09. The predicted molar refractivity (Wildman–Crippen MR) is 38.8 cm³/mol. The Morgan fingerprint density at radius 3 is 2.90 bits per heavy atom. The van der Waals surface area contributed by atoms with Crippen molar-refractivity contribution in [1.29, 1.82) is 0 Å². The molecule has 0 unspecified atom stereocenters. The van der Waals surface area contributed by atoms with E-state index in [0.717, 1.165) is 18.7 Å². The summed E-state index contributed by atoms with van der Waals surface area (Å²) in [5.41, 5.74) is 2.61. The van der Waals surface area contributed by atoms with E-state index in [2.05, 4.69) is 16.9 Å². The molecule has 0 N–H and O–H groups in total. The van der Waals surface area contributed by atoms with Crippen molar-refractivity contribution in [2.45, 2.75) is 26.2 Å². The molecule has 0 saturated carbocycles. The number of aromatic nitrogens is 2. The van der Waals surface area contributed by atoms with E-state index < -0.39 is 0 Å². The number of fused-ring (bicyclic) bond motifs is 1. The van der Waals surface area contributed by atoms with Crippen LogP contribution in [-0.2, 0) is 19.3 Å². The van der Waals surface area contributed by atoms with Gasteiger partial charge >= 0.3 is 0 Å². The van der Waals surface area contributed by atoms with E-state index in [1.807, 2.05) is 6.20 Å². The second kappa shape index (κ2) is 2.04. The van der Waals surface area contributed by atoms with Gasteiger partial charge in [-0.15, -0.1) is 0 Å². The number of hydrogen-bond donors (Lipinski definition) is 0. The summed E-state index contributed by atoms with van der Waals surface area (Å²) in [5, 5.41) is 0. The van der Waals surface area contributed by atoms with Gasteiger partial charge in [-0.2, -0.15) is 0 Å². The molecule has 0 bridgehead atoms. The first-order valence-corrected chi connectivity index (χ1v) is 3.74. The van der Waals surface area contributed by atoms with E-state index in [-0.39, 0.29) is 0 Å². The minimum Gasteiger partial charge on any atom is -0.241 e. The Morgan fingerprint density at radius 2 is 2.40 bits per heavy atom. The predicted octanol–water partition coefficient (Wildman–Crippen LogP) is 1.14. The van der Waals surface area contributed by atoms with Crippen molar-refractivity contribution in [3.63, 3.8) is 0 Å². The zero-order valence-electron chi connectivity index (χ0n) is 6.09. The van der Waals surface area contributed by atoms with Crippen LogP contribution in [0.3, 0.4) is 0 Å². The highest BCUT2D eigenvalue weighted by Crippen LogP contribution is 2.18. The lowest BCUT2D eigenvalue weighted by molar-refractivity contribution is 0.743. The maximum atomic E-state index is 4.37. The van der Waals surface area contributed by atoms with E-state index in [9.17, 15) is 0 Å². The summed E-state index contributed by atoms with van der Waals surface area (Å²) in [6, 6.07) is 0. The average Bonchev–Trinajstić information content (AvgIpc) is 1.92. The van der Waals surface area contributed by atoms with E-state index in [0.29, 0.717) is 0 Å². The van der Waals surface area contributed by atoms with Crippen LogP contribution in [0.2, 0.25) is 0 Å². The highest BCUT2D eigenvalue weighted by molar-refractivity contribution is 5.26. The molecule has 1 aliphatic carbocycles. The van der Waals surface area contributed by atoms with Crippen LogP contribution in [0.25, 0.3) is 0 Å². The topological polar surface area (TPSA) is 25.8 Å². The quantitative estimate of drug-likeness (QED) is 0.575. The normalized spacial score (nSPS) is 14.1. The van der Waals surface area contributed by atoms with Crippen molar-refractivity contribution < 1.29 is 0 Å². The summed E-state index contributed by atoms with van der Waals surface area (Å²) in [7, 11) is 0. The SMILES string of the molecule is CCc1ncc2c(n1)CC2. The van der Waals surface area contributed by atoms with Gasteiger partial charge in [0.2, 0.25) is 0 Å². The maximum Gasteiger partial charge on any atom is 0.128 e. The molecule has 1 heterocycles. The van der Waals surface area contributed by atoms with Gasteiger partial charge in [-0.3, -0.25) is 0 Å². The number of hydrogen-bond acceptors (Lipinski definition) is 2. The van der Waals surface area contributed by atoms with E-state index >= 15 is 0 Å². The largest absolute Gasteiger partial charge is 0.241 e. The minimum atomic E-state index is 0.952. The van der Waals surface area contributed by atoms with Crippen molar-refractivity contribution in [2.75, 3.05) is 0 Å². The van der Waals surface area contributed by atoms with E-state index in [1.54, 1.807) is 0 Å². The third-order valence-corrected chi connectivity index (χ3v) is 1.95. The molecule has 0 amide bonds. The van der Waals surface area contributed by atoms with Crippen molar-refractivity contribution in [1.82, 2.24) is 9.97 Å². The van der Waals surface area contributed by atoms with Crippen LogP contribution in [0.1, 0.15) is 24.0 Å². The number of nitrogens with zero attached hydrogens (tertiary/aromatic N) is 2. The zero-order chi connectivity index (χ0) is 6.97. The fourth-order valence-corrected chi connectivity index (χ4v) is 1.16. The summed E-state index contributed by atoms with van der Waals surface area (Å²) in [5.74, 6) is 0.985. The van der Waals surface area contributed by atoms with Gasteiger partial charge in [0.05, 0.1) is 0 Å². The summed E-state index contributed by atoms with van der Waals surface area (Å²) < 4.78 is 0. The van der Waals surface area contributed by atoms with Gasteiger partial charge in [-0.05, 0) is 18.4 Å². The van der Waals surface area contributed by atoms with Gasteiger partial charge in [-0.25, -0.2) is 9.97 Å². The first-order valence-electron chi connectivity index (χ1n) is 3.74. The highest BCUT2D eigenvalue weighted by Gasteiger charge is 2.14. The molecule has 2 nitrogen and oxygen atoms in total. The summed E-state index contributed by atoms with van der Waals surface area (Å²) >= 11 is 0. The lowest BCUT2D eigenvalue weighted by Crippen LogP contribution is -2.13. The van der Waals surface area contributed by atoms with E-state index in [4.69, 9.17) is 0 Å². The van der Waals surface area contributed by atoms with Gasteiger partial charge in [-0.1, -0.05) is 6.92 Å². The molecular weight excluding hydrogens is 124 g/mol. The smallest absolute Gasteiger partial charge is 0.128 e. The molecule has 0 spiro atoms. The molecule has 0 atom stereocenters. The van der Waals surface area contributed by atoms with Crippen LogP contribution in [0.5, 0.6) is 0 Å². The Kier molecular flexibility index (Phi) is 1.19. The van der Waals surface area contributed by atoms with Crippen LogP contribution in [-0.4, -0.2) is 9.97 Å². The molecular formula is C8H10N2. The first-order chi connectivity index (χ1) is 4.90. The molecule has 0 aromatic carbocycles. The molecule has 2 rings (SSSR count). The lowest BCUT2D eigenvalue weighted by Gasteiger charge is -2.16. The van der Waals surface area contributed by atoms with Crippen molar-refractivity contribution in [3.05, 3.63) is 23.3 Å². The maximum absolute atomic E-state index is 4.37. The van der Waals surface area contributed by atoms with Gasteiger partial charge in [0.15, 0.2) is 0 Å². The average molecular weight is 134 g/mol. The first kappa shape index (κ1) is 5.83. The molecule has 1 aliphatic rings. The van der Waals surface area contributed by atoms with Crippen LogP contribution in [0.15, 0.2) is 6.20 Å². The lowest BCUT2D eigenvalue weighted by atomic mass is 9.96. The summed E-state index contributed by atoms with van der Waals surface area (Å²) in [6.07, 6.45) is 5.25. The highest BCUT2D eigenvalue weighted by atomic mass is 14.9. The summed E-state index contributed by atoms with van der Waals surface area (Å²) in [6.45, 7) is 2.08. The second-order valence-electron chi connectivity index (χ2n) is 2.61. The molecule has 0 aliphatic heterocycles. The van der Waals surface area contributed by atoms with Gasteiger partial charge in [0.25, 0.3) is 0 Å². The van der Waals surface area contributed by atoms with Crippen LogP contribution < -0.4 is 0 Å². The summed E-state index contributed by atoms with van der Waals surface area (Å²) in [4.78, 5) is 8.56. The van der Waals surface area contributed by atoms with Gasteiger partial charge < -0.3 is 0 Å². The minimum absolute atomic E-state index is 0.952. The van der Waals surface area contributed by atoms with Crippen molar-refractivity contribution in [3.8, 4) is 0 Å². The van der Waals surface area contributed by atoms with Crippen LogP contribution in [0, 0.1) is 0 Å². The van der Waals surface area contributed by atoms with Crippen LogP contribution in [0.4, 0.5) is 0 Å². The molecule has 1 aromatic heterocycles. The Labute approximate surface area is 60.3 Å². The molecule has 0 saturated heterocycles. The Bertz CT molecular complexity index is 255. The Morgan fingerprint density at radius 1 is 1.50 bits per heavy atom. The van der Waals surface area contributed by atoms with Gasteiger partial charge in [0.1, 0.15) is 5.82 Å². The second-order valence-corrected chi connectivity index (χ2v) is 2.61. The fraction of sp³-hybridized carbons (Fsp3) is 0.500. The van der Waals surface area contributed by atoms with Crippen molar-refractivity contribution in [2.24, 2.45) is 0 Å². The molecule has 0 radical (unpaired) electrons. The van der Waals surface area contributed by atoms with E-state index in [1.165, 1.54) is 17.7 Å². The number of rotatable bonds is 1. The van der Waals surface area contributed by atoms with Crippen LogP contribution >= 0.6 is 0 Å². The molecule has 10 heavy (non-hydrogen) atoms. The number of aryl methyl sites for hydroxylation is 3. The Balaban J connectivity index is 2.42. The van der Waals surface area contributed by atoms with Gasteiger partial charge in [0, 0.05) is 18.3 Å². The molecule has 1 aromatic rings. The monoisotopic (exact) mass is 134 g/mol. The molecule has 0 fully saturated rings. The fourth-order valence-electron chi connectivity index (χ4n) is 1.16. The standard InChI is InChI=1S/C8H10N2/c1-2-8-9-5-6-3-4-7(6)10-8/h5H,2-4H2,1H3. The van der Waals surface area contributed by atoms with Crippen molar-refractivity contribution >= 4 is 0 Å².